The summed E-state index contributed by atoms with van der Waals surface area (Å²) >= 11 is 0. The van der Waals surface area contributed by atoms with E-state index in [-0.39, 0.29) is 24.5 Å². The van der Waals surface area contributed by atoms with Crippen molar-refractivity contribution in [1.82, 2.24) is 9.80 Å². The van der Waals surface area contributed by atoms with Crippen LogP contribution in [0.4, 0.5) is 0 Å². The molecule has 0 radical (unpaired) electrons. The quantitative estimate of drug-likeness (QED) is 0.728. The Morgan fingerprint density at radius 1 is 1.38 bits per heavy atom. The van der Waals surface area contributed by atoms with E-state index in [0.29, 0.717) is 19.1 Å². The van der Waals surface area contributed by atoms with Gasteiger partial charge in [-0.25, -0.2) is 0 Å². The minimum atomic E-state index is -0.448. The normalized spacial score (nSPS) is 32.7. The molecule has 3 atom stereocenters. The summed E-state index contributed by atoms with van der Waals surface area (Å²) in [6.45, 7) is 2.86. The molecular weight excluding hydrogens is 270 g/mol. The molecule has 2 aliphatic carbocycles. The number of hydrogen-bond acceptors (Lipinski definition) is 4. The van der Waals surface area contributed by atoms with Crippen LogP contribution < -0.4 is 5.73 Å². The molecule has 0 aromatic rings. The number of hydrogen-bond donors (Lipinski definition) is 1. The summed E-state index contributed by atoms with van der Waals surface area (Å²) in [5.74, 6) is 1.09. The number of amides is 2. The second kappa shape index (κ2) is 5.93. The minimum Gasteiger partial charge on any atom is -0.374 e. The van der Waals surface area contributed by atoms with Gasteiger partial charge in [0.15, 0.2) is 0 Å². The van der Waals surface area contributed by atoms with Crippen LogP contribution >= 0.6 is 0 Å². The van der Waals surface area contributed by atoms with Crippen molar-refractivity contribution in [2.45, 2.75) is 25.4 Å². The molecule has 21 heavy (non-hydrogen) atoms. The summed E-state index contributed by atoms with van der Waals surface area (Å²) in [7, 11) is 2.04. The van der Waals surface area contributed by atoms with Gasteiger partial charge in [0, 0.05) is 25.6 Å². The lowest BCUT2D eigenvalue weighted by molar-refractivity contribution is -0.139. The van der Waals surface area contributed by atoms with Gasteiger partial charge in [0.1, 0.15) is 0 Å². The first kappa shape index (κ1) is 14.8. The van der Waals surface area contributed by atoms with Gasteiger partial charge >= 0.3 is 0 Å². The van der Waals surface area contributed by atoms with Crippen LogP contribution in [0, 0.1) is 17.8 Å². The van der Waals surface area contributed by atoms with E-state index >= 15 is 0 Å². The van der Waals surface area contributed by atoms with Crippen LogP contribution in [0.2, 0.25) is 0 Å². The van der Waals surface area contributed by atoms with E-state index in [1.165, 1.54) is 12.8 Å². The zero-order valence-electron chi connectivity index (χ0n) is 12.7. The predicted molar refractivity (Wildman–Crippen MR) is 77.3 cm³/mol. The molecule has 2 N–H and O–H groups in total. The predicted octanol–water partition coefficient (Wildman–Crippen LogP) is -0.323. The van der Waals surface area contributed by atoms with E-state index in [9.17, 15) is 9.59 Å². The van der Waals surface area contributed by atoms with Gasteiger partial charge in [-0.15, -0.1) is 0 Å². The third-order valence-corrected chi connectivity index (χ3v) is 4.81. The first-order chi connectivity index (χ1) is 10.0. The summed E-state index contributed by atoms with van der Waals surface area (Å²) in [5.41, 5.74) is 5.31. The summed E-state index contributed by atoms with van der Waals surface area (Å²) in [6.07, 6.45) is 3.50. The Labute approximate surface area is 125 Å². The average Bonchev–Trinajstić information content (AvgIpc) is 3.26. The highest BCUT2D eigenvalue weighted by Crippen LogP contribution is 2.54. The lowest BCUT2D eigenvalue weighted by atomic mass is 10.2. The van der Waals surface area contributed by atoms with Crippen molar-refractivity contribution >= 4 is 11.8 Å². The summed E-state index contributed by atoms with van der Waals surface area (Å²) in [4.78, 5) is 27.7. The van der Waals surface area contributed by atoms with Gasteiger partial charge in [0.05, 0.1) is 19.3 Å². The molecule has 3 fully saturated rings. The molecule has 3 unspecified atom stereocenters. The second-order valence-corrected chi connectivity index (χ2v) is 6.78. The van der Waals surface area contributed by atoms with Crippen LogP contribution in [-0.2, 0) is 14.3 Å². The Morgan fingerprint density at radius 3 is 2.76 bits per heavy atom. The Hall–Kier alpha value is -1.14. The van der Waals surface area contributed by atoms with Gasteiger partial charge in [0.2, 0.25) is 11.8 Å². The smallest absolute Gasteiger partial charge is 0.237 e. The SMILES string of the molecule is CN1CCOC(CN(CC(N)=O)C(=O)C2CC2C2CC2)C1. The number of rotatable bonds is 6. The van der Waals surface area contributed by atoms with Crippen LogP contribution in [0.1, 0.15) is 19.3 Å². The fourth-order valence-corrected chi connectivity index (χ4v) is 3.42. The van der Waals surface area contributed by atoms with Crippen LogP contribution in [-0.4, -0.2) is 67.6 Å². The molecule has 2 amide bonds. The van der Waals surface area contributed by atoms with Gasteiger partial charge in [-0.05, 0) is 38.1 Å². The van der Waals surface area contributed by atoms with E-state index < -0.39 is 5.91 Å². The molecule has 1 aliphatic heterocycles. The van der Waals surface area contributed by atoms with Crippen LogP contribution in [0.25, 0.3) is 0 Å². The maximum Gasteiger partial charge on any atom is 0.237 e. The van der Waals surface area contributed by atoms with Crippen molar-refractivity contribution in [2.24, 2.45) is 23.5 Å². The maximum absolute atomic E-state index is 12.6. The van der Waals surface area contributed by atoms with Crippen LogP contribution in [0.5, 0.6) is 0 Å². The first-order valence-electron chi connectivity index (χ1n) is 7.92. The van der Waals surface area contributed by atoms with Crippen LogP contribution in [0.15, 0.2) is 0 Å². The number of ether oxygens (including phenoxy) is 1. The highest BCUT2D eigenvalue weighted by Gasteiger charge is 2.52. The Kier molecular flexibility index (Phi) is 4.17. The van der Waals surface area contributed by atoms with Crippen LogP contribution in [0.3, 0.4) is 0 Å². The lowest BCUT2D eigenvalue weighted by Crippen LogP contribution is -2.49. The topological polar surface area (TPSA) is 75.9 Å². The molecule has 0 spiro atoms. The molecule has 6 heteroatoms. The number of carbonyl (C=O) groups is 2. The van der Waals surface area contributed by atoms with Crippen molar-refractivity contribution in [1.29, 1.82) is 0 Å². The van der Waals surface area contributed by atoms with E-state index in [4.69, 9.17) is 10.5 Å². The van der Waals surface area contributed by atoms with Gasteiger partial charge in [-0.3, -0.25) is 9.59 Å². The number of nitrogens with two attached hydrogens (primary N) is 1. The van der Waals surface area contributed by atoms with Crippen molar-refractivity contribution < 1.29 is 14.3 Å². The average molecular weight is 295 g/mol. The maximum atomic E-state index is 12.6. The first-order valence-corrected chi connectivity index (χ1v) is 7.92. The third kappa shape index (κ3) is 3.74. The van der Waals surface area contributed by atoms with Crippen molar-refractivity contribution in [3.05, 3.63) is 0 Å². The molecule has 3 aliphatic rings. The molecule has 1 heterocycles. The Balaban J connectivity index is 1.57. The highest BCUT2D eigenvalue weighted by atomic mass is 16.5. The molecule has 0 aromatic carbocycles. The fourth-order valence-electron chi connectivity index (χ4n) is 3.42. The van der Waals surface area contributed by atoms with Crippen molar-refractivity contribution in [3.8, 4) is 0 Å². The van der Waals surface area contributed by atoms with Gasteiger partial charge in [0.25, 0.3) is 0 Å². The van der Waals surface area contributed by atoms with Gasteiger partial charge in [-0.2, -0.15) is 0 Å². The van der Waals surface area contributed by atoms with Gasteiger partial charge < -0.3 is 20.3 Å². The third-order valence-electron chi connectivity index (χ3n) is 4.81. The number of primary amides is 1. The molecular formula is C15H25N3O3. The van der Waals surface area contributed by atoms with Crippen molar-refractivity contribution in [3.63, 3.8) is 0 Å². The minimum absolute atomic E-state index is 0.0102. The molecule has 0 aromatic heterocycles. The molecule has 118 valence electrons. The molecule has 1 saturated heterocycles. The number of morpholine rings is 1. The van der Waals surface area contributed by atoms with E-state index in [0.717, 1.165) is 25.4 Å². The zero-order valence-corrected chi connectivity index (χ0v) is 12.7. The van der Waals surface area contributed by atoms with E-state index in [1.807, 2.05) is 7.05 Å². The highest BCUT2D eigenvalue weighted by molar-refractivity contribution is 5.86. The fraction of sp³-hybridized carbons (Fsp3) is 0.867. The molecule has 3 rings (SSSR count). The molecule has 0 bridgehead atoms. The summed E-state index contributed by atoms with van der Waals surface area (Å²) in [6, 6.07) is 0. The van der Waals surface area contributed by atoms with E-state index in [1.54, 1.807) is 4.90 Å². The van der Waals surface area contributed by atoms with Crippen molar-refractivity contribution in [2.75, 3.05) is 39.8 Å². The van der Waals surface area contributed by atoms with E-state index in [2.05, 4.69) is 4.90 Å². The summed E-state index contributed by atoms with van der Waals surface area (Å²) < 4.78 is 5.71. The van der Waals surface area contributed by atoms with Gasteiger partial charge in [-0.1, -0.05) is 0 Å². The Bertz CT molecular complexity index is 424. The monoisotopic (exact) mass is 295 g/mol. The molecule has 2 saturated carbocycles. The number of nitrogens with zero attached hydrogens (tertiary/aromatic N) is 2. The number of carbonyl (C=O) groups excluding carboxylic acids is 2. The molecule has 6 nitrogen and oxygen atoms in total. The standard InChI is InChI=1S/C15H25N3O3/c1-17-4-5-21-11(7-17)8-18(9-14(16)19)15(20)13-6-12(13)10-2-3-10/h10-13H,2-9H2,1H3,(H2,16,19). The largest absolute Gasteiger partial charge is 0.374 e. The summed E-state index contributed by atoms with van der Waals surface area (Å²) in [5, 5.41) is 0. The Morgan fingerprint density at radius 2 is 2.14 bits per heavy atom. The lowest BCUT2D eigenvalue weighted by Gasteiger charge is -2.33. The second-order valence-electron chi connectivity index (χ2n) is 6.78. The number of likely N-dealkylation sites (N-methyl/N-ethyl adjacent to an activating group) is 1. The zero-order chi connectivity index (χ0) is 15.0.